The van der Waals surface area contributed by atoms with Crippen molar-refractivity contribution < 1.29 is 0 Å². The zero-order valence-electron chi connectivity index (χ0n) is 48.4. The Kier molecular flexibility index (Phi) is 13.1. The highest BCUT2D eigenvalue weighted by molar-refractivity contribution is 6.14. The van der Waals surface area contributed by atoms with Crippen molar-refractivity contribution >= 4 is 49.3 Å². The number of benzene rings is 10. The van der Waals surface area contributed by atoms with E-state index >= 15 is 0 Å². The third kappa shape index (κ3) is 9.51. The molecule has 8 heteroatoms. The third-order valence-electron chi connectivity index (χ3n) is 17.2. The molecule has 0 saturated heterocycles. The summed E-state index contributed by atoms with van der Waals surface area (Å²) in [6.07, 6.45) is 7.54. The lowest BCUT2D eigenvalue weighted by atomic mass is 9.97. The number of nitrogens with zero attached hydrogens (tertiary/aromatic N) is 8. The number of nitriles is 1. The van der Waals surface area contributed by atoms with Gasteiger partial charge in [0.15, 0.2) is 5.69 Å². The smallest absolute Gasteiger partial charge is 0.187 e. The molecule has 0 atom stereocenters. The number of fused-ring (bicyclic) bond motifs is 6. The van der Waals surface area contributed by atoms with Gasteiger partial charge in [-0.3, -0.25) is 19.9 Å². The van der Waals surface area contributed by atoms with Gasteiger partial charge in [0.25, 0.3) is 0 Å². The van der Waals surface area contributed by atoms with Crippen LogP contribution in [0.25, 0.3) is 160 Å². The maximum Gasteiger partial charge on any atom is 0.187 e. The van der Waals surface area contributed by atoms with Gasteiger partial charge in [0.1, 0.15) is 0 Å². The molecule has 0 amide bonds. The minimum absolute atomic E-state index is 0.457. The molecule has 0 unspecified atom stereocenters. The Morgan fingerprint density at radius 1 is 0.289 bits per heavy atom. The summed E-state index contributed by atoms with van der Waals surface area (Å²) in [4.78, 5) is 23.2. The van der Waals surface area contributed by atoms with E-state index in [0.717, 1.165) is 150 Å². The summed E-state index contributed by atoms with van der Waals surface area (Å²) < 4.78 is 4.76. The first-order valence-electron chi connectivity index (χ1n) is 29.8. The van der Waals surface area contributed by atoms with Gasteiger partial charge in [-0.15, -0.1) is 0 Å². The van der Waals surface area contributed by atoms with Crippen LogP contribution in [0.2, 0.25) is 0 Å². The van der Waals surface area contributed by atoms with Crippen LogP contribution in [0.15, 0.2) is 304 Å². The van der Waals surface area contributed by atoms with E-state index in [2.05, 4.69) is 202 Å². The standard InChI is InChI=1S/C82H50N8/c1-84-67-24-14-23-65(41-67)72-51-82(90-79-48-59(63-35-39-87-75(44-63)55-19-10-4-11-20-55)27-31-70(79)71-32-28-60(49-80(71)90)64-36-40-88-76(45-64)56-21-12-5-13-22-56)81(50-66(72)52-83)89-77-46-57(61-33-37-85-73(42-61)53-15-6-2-7-16-53)25-29-68(77)69-30-26-58(47-78(69)89)62-34-38-86-74(43-62)54-17-8-3-9-18-54/h2-51H. The minimum atomic E-state index is 0.457. The van der Waals surface area contributed by atoms with E-state index in [1.807, 2.05) is 122 Å². The minimum Gasteiger partial charge on any atom is -0.307 e. The molecule has 16 rings (SSSR count). The summed E-state index contributed by atoms with van der Waals surface area (Å²) in [6, 6.07) is 99.5. The zero-order valence-corrected chi connectivity index (χ0v) is 48.4. The van der Waals surface area contributed by atoms with E-state index in [4.69, 9.17) is 26.5 Å². The molecule has 418 valence electrons. The van der Waals surface area contributed by atoms with Crippen molar-refractivity contribution in [2.24, 2.45) is 0 Å². The van der Waals surface area contributed by atoms with Crippen molar-refractivity contribution in [2.45, 2.75) is 0 Å². The van der Waals surface area contributed by atoms with Crippen molar-refractivity contribution in [3.63, 3.8) is 0 Å². The summed E-state index contributed by atoms with van der Waals surface area (Å²) in [5.74, 6) is 0. The fraction of sp³-hybridized carbons (Fsp3) is 0. The summed E-state index contributed by atoms with van der Waals surface area (Å²) in [6.45, 7) is 8.13. The fourth-order valence-electron chi connectivity index (χ4n) is 12.8. The van der Waals surface area contributed by atoms with E-state index in [1.54, 1.807) is 0 Å². The van der Waals surface area contributed by atoms with Crippen LogP contribution in [0.4, 0.5) is 5.69 Å². The van der Waals surface area contributed by atoms with E-state index in [9.17, 15) is 5.26 Å². The highest BCUT2D eigenvalue weighted by atomic mass is 15.1. The topological polar surface area (TPSA) is 89.6 Å². The largest absolute Gasteiger partial charge is 0.307 e. The van der Waals surface area contributed by atoms with Gasteiger partial charge >= 0.3 is 0 Å². The Labute approximate surface area is 519 Å². The summed E-state index contributed by atoms with van der Waals surface area (Å²) in [5, 5.41) is 15.8. The Balaban J connectivity index is 1.02. The molecule has 0 fully saturated rings. The zero-order chi connectivity index (χ0) is 60.1. The first-order valence-corrected chi connectivity index (χ1v) is 29.8. The van der Waals surface area contributed by atoms with Gasteiger partial charge < -0.3 is 9.13 Å². The predicted molar refractivity (Wildman–Crippen MR) is 366 cm³/mol. The SMILES string of the molecule is [C-]#[N+]c1cccc(-c2cc(-n3c4cc(-c5ccnc(-c6ccccc6)c5)ccc4c4ccc(-c5ccnc(-c6ccccc6)c5)cc43)c(-n3c4cc(-c5ccnc(-c6ccccc6)c5)ccc4c4ccc(-c5ccnc(-c6ccccc6)c5)cc43)cc2C#N)c1. The second kappa shape index (κ2) is 22.3. The summed E-state index contributed by atoms with van der Waals surface area (Å²) in [5.41, 5.74) is 23.6. The quantitative estimate of drug-likeness (QED) is 0.120. The Bertz CT molecular complexity index is 5280. The number of rotatable bonds is 11. The Morgan fingerprint density at radius 2 is 0.600 bits per heavy atom. The van der Waals surface area contributed by atoms with Crippen molar-refractivity contribution in [1.29, 1.82) is 5.26 Å². The first-order chi connectivity index (χ1) is 44.5. The molecule has 10 aromatic carbocycles. The van der Waals surface area contributed by atoms with Crippen LogP contribution in [0.3, 0.4) is 0 Å². The van der Waals surface area contributed by atoms with Crippen LogP contribution >= 0.6 is 0 Å². The van der Waals surface area contributed by atoms with Gasteiger partial charge in [-0.2, -0.15) is 5.26 Å². The maximum absolute atomic E-state index is 11.6. The van der Waals surface area contributed by atoms with Gasteiger partial charge in [-0.1, -0.05) is 188 Å². The van der Waals surface area contributed by atoms with Crippen molar-refractivity contribution in [2.75, 3.05) is 0 Å². The monoisotopic (exact) mass is 1150 g/mol. The van der Waals surface area contributed by atoms with Gasteiger partial charge in [-0.05, 0) is 141 Å². The molecule has 6 heterocycles. The van der Waals surface area contributed by atoms with E-state index in [1.165, 1.54) is 0 Å². The Morgan fingerprint density at radius 3 is 0.922 bits per heavy atom. The highest BCUT2D eigenvalue weighted by Gasteiger charge is 2.25. The van der Waals surface area contributed by atoms with Gasteiger partial charge in [0.05, 0.1) is 74.4 Å². The molecule has 0 aliphatic rings. The number of hydrogen-bond acceptors (Lipinski definition) is 5. The average Bonchev–Trinajstić information content (AvgIpc) is 1.56. The lowest BCUT2D eigenvalue weighted by molar-refractivity contribution is 1.09. The molecule has 0 saturated carbocycles. The molecule has 0 spiro atoms. The molecule has 0 radical (unpaired) electrons. The van der Waals surface area contributed by atoms with Crippen molar-refractivity contribution in [3.05, 3.63) is 321 Å². The van der Waals surface area contributed by atoms with Crippen LogP contribution in [0.5, 0.6) is 0 Å². The third-order valence-corrected chi connectivity index (χ3v) is 17.2. The number of pyridine rings is 4. The first kappa shape index (κ1) is 52.9. The molecule has 6 aromatic heterocycles. The van der Waals surface area contributed by atoms with Crippen LogP contribution in [-0.2, 0) is 0 Å². The predicted octanol–water partition coefficient (Wildman–Crippen LogP) is 20.9. The van der Waals surface area contributed by atoms with Gasteiger partial charge in [0.2, 0.25) is 0 Å². The van der Waals surface area contributed by atoms with Crippen molar-refractivity contribution in [1.82, 2.24) is 29.1 Å². The second-order valence-corrected chi connectivity index (χ2v) is 22.4. The molecule has 0 aliphatic heterocycles. The maximum atomic E-state index is 11.6. The summed E-state index contributed by atoms with van der Waals surface area (Å²) >= 11 is 0. The normalized spacial score (nSPS) is 11.3. The van der Waals surface area contributed by atoms with Crippen LogP contribution in [-0.4, -0.2) is 29.1 Å². The lowest BCUT2D eigenvalue weighted by Crippen LogP contribution is -2.06. The second-order valence-electron chi connectivity index (χ2n) is 22.4. The van der Waals surface area contributed by atoms with Crippen LogP contribution < -0.4 is 0 Å². The molecular formula is C82H50N8. The van der Waals surface area contributed by atoms with Gasteiger partial charge in [-0.25, -0.2) is 4.85 Å². The van der Waals surface area contributed by atoms with E-state index in [0.29, 0.717) is 16.8 Å². The number of hydrogen-bond donors (Lipinski definition) is 0. The number of aromatic nitrogens is 6. The Hall–Kier alpha value is -12.6. The van der Waals surface area contributed by atoms with E-state index in [-0.39, 0.29) is 0 Å². The van der Waals surface area contributed by atoms with Crippen molar-refractivity contribution in [3.8, 4) is 118 Å². The molecule has 16 aromatic rings. The summed E-state index contributed by atoms with van der Waals surface area (Å²) in [7, 11) is 0. The van der Waals surface area contributed by atoms with E-state index < -0.39 is 0 Å². The van der Waals surface area contributed by atoms with Gasteiger partial charge in [0, 0.05) is 74.1 Å². The lowest BCUT2D eigenvalue weighted by Gasteiger charge is -2.20. The van der Waals surface area contributed by atoms with Crippen LogP contribution in [0, 0.1) is 17.9 Å². The van der Waals surface area contributed by atoms with Crippen LogP contribution in [0.1, 0.15) is 5.56 Å². The molecule has 90 heavy (non-hydrogen) atoms. The molecule has 0 bridgehead atoms. The fourth-order valence-corrected chi connectivity index (χ4v) is 12.8. The molecule has 0 aliphatic carbocycles. The molecule has 8 nitrogen and oxygen atoms in total. The average molecular weight is 1150 g/mol. The highest BCUT2D eigenvalue weighted by Crippen LogP contribution is 2.45. The molecular weight excluding hydrogens is 1100 g/mol. The molecule has 0 N–H and O–H groups in total.